The maximum absolute atomic E-state index is 11.7. The predicted molar refractivity (Wildman–Crippen MR) is 99.9 cm³/mol. The second-order valence-electron chi connectivity index (χ2n) is 6.14. The Morgan fingerprint density at radius 3 is 2.50 bits per heavy atom. The monoisotopic (exact) mass is 345 g/mol. The molecule has 2 heterocycles. The van der Waals surface area contributed by atoms with E-state index < -0.39 is 0 Å². The minimum Gasteiger partial charge on any atom is -0.710 e. The largest absolute Gasteiger partial charge is 0.710 e. The van der Waals surface area contributed by atoms with E-state index in [0.717, 1.165) is 22.4 Å². The van der Waals surface area contributed by atoms with Gasteiger partial charge >= 0.3 is 5.65 Å². The zero-order valence-electron chi connectivity index (χ0n) is 14.3. The molecule has 4 rings (SSSR count). The molecular weight excluding hydrogens is 326 g/mol. The minimum absolute atomic E-state index is 0.428. The number of hydrogen-bond acceptors (Lipinski definition) is 3. The molecule has 0 bridgehead atoms. The van der Waals surface area contributed by atoms with Crippen LogP contribution in [-0.4, -0.2) is 16.2 Å². The fraction of sp³-hybridized carbons (Fsp3) is 0.143. The maximum atomic E-state index is 11.7. The van der Waals surface area contributed by atoms with Gasteiger partial charge in [0.2, 0.25) is 6.33 Å². The van der Waals surface area contributed by atoms with Crippen LogP contribution in [0.15, 0.2) is 79.3 Å². The van der Waals surface area contributed by atoms with Crippen LogP contribution in [0, 0.1) is 5.21 Å². The average molecular weight is 345 g/mol. The Kier molecular flexibility index (Phi) is 4.51. The normalized spacial score (nSPS) is 10.9. The molecule has 0 N–H and O–H groups in total. The molecule has 0 spiro atoms. The summed E-state index contributed by atoms with van der Waals surface area (Å²) in [6.07, 6.45) is 4.04. The van der Waals surface area contributed by atoms with E-state index in [1.165, 1.54) is 17.3 Å². The highest BCUT2D eigenvalue weighted by Gasteiger charge is 2.10. The van der Waals surface area contributed by atoms with Crippen molar-refractivity contribution in [2.75, 3.05) is 6.61 Å². The number of fused-ring (bicyclic) bond motifs is 1. The van der Waals surface area contributed by atoms with Crippen LogP contribution in [0.4, 0.5) is 0 Å². The molecule has 5 nitrogen and oxygen atoms in total. The molecule has 2 aromatic heterocycles. The number of pyridine rings is 1. The molecule has 0 aliphatic rings. The number of ether oxygens (including phenoxy) is 1. The van der Waals surface area contributed by atoms with Crippen molar-refractivity contribution >= 4 is 11.2 Å². The van der Waals surface area contributed by atoms with E-state index in [-0.39, 0.29) is 0 Å². The van der Waals surface area contributed by atoms with Crippen molar-refractivity contribution in [2.24, 2.45) is 0 Å². The van der Waals surface area contributed by atoms with Crippen LogP contribution in [0.1, 0.15) is 11.1 Å². The van der Waals surface area contributed by atoms with Crippen LogP contribution >= 0.6 is 0 Å². The van der Waals surface area contributed by atoms with E-state index >= 15 is 0 Å². The van der Waals surface area contributed by atoms with Crippen molar-refractivity contribution in [1.82, 2.24) is 9.55 Å². The number of rotatable bonds is 6. The van der Waals surface area contributed by atoms with Gasteiger partial charge in [0, 0.05) is 0 Å². The van der Waals surface area contributed by atoms with E-state index in [0.29, 0.717) is 18.8 Å². The van der Waals surface area contributed by atoms with E-state index in [1.54, 1.807) is 12.4 Å². The lowest BCUT2D eigenvalue weighted by Gasteiger charge is -2.08. The van der Waals surface area contributed by atoms with Crippen molar-refractivity contribution in [3.63, 3.8) is 0 Å². The molecule has 0 amide bonds. The molecule has 0 saturated heterocycles. The Labute approximate surface area is 151 Å². The minimum atomic E-state index is 0.428. The van der Waals surface area contributed by atoms with Crippen molar-refractivity contribution in [3.8, 4) is 5.75 Å². The average Bonchev–Trinajstić information content (AvgIpc) is 3.09. The topological polar surface area (TPSA) is 54.0 Å². The number of benzene rings is 2. The van der Waals surface area contributed by atoms with Gasteiger partial charge in [-0.15, -0.1) is 0 Å². The summed E-state index contributed by atoms with van der Waals surface area (Å²) in [6, 6.07) is 22.2. The summed E-state index contributed by atoms with van der Waals surface area (Å²) in [5.74, 6) is 0.838. The summed E-state index contributed by atoms with van der Waals surface area (Å²) < 4.78 is 8.53. The van der Waals surface area contributed by atoms with Crippen molar-refractivity contribution in [3.05, 3.63) is 95.6 Å². The highest BCUT2D eigenvalue weighted by atomic mass is 16.5. The van der Waals surface area contributed by atoms with Crippen molar-refractivity contribution in [1.29, 1.82) is 0 Å². The molecule has 0 unspecified atom stereocenters. The number of nitrogens with zero attached hydrogens (tertiary/aromatic N) is 3. The molecule has 4 aromatic rings. The van der Waals surface area contributed by atoms with Crippen LogP contribution in [0.3, 0.4) is 0 Å². The molecule has 5 heteroatoms. The molecular formula is C21H19N3O2. The van der Waals surface area contributed by atoms with Gasteiger partial charge in [-0.05, 0) is 46.8 Å². The Balaban J connectivity index is 1.35. The van der Waals surface area contributed by atoms with Gasteiger partial charge in [0.05, 0.1) is 12.7 Å². The lowest BCUT2D eigenvalue weighted by Crippen LogP contribution is -2.26. The summed E-state index contributed by atoms with van der Waals surface area (Å²) in [7, 11) is 0. The first-order valence-electron chi connectivity index (χ1n) is 8.58. The molecule has 0 aliphatic carbocycles. The van der Waals surface area contributed by atoms with Crippen molar-refractivity contribution < 1.29 is 9.47 Å². The van der Waals surface area contributed by atoms with Crippen LogP contribution in [0.2, 0.25) is 0 Å². The fourth-order valence-electron chi connectivity index (χ4n) is 2.98. The van der Waals surface area contributed by atoms with Gasteiger partial charge < -0.3 is 14.5 Å². The third-order valence-corrected chi connectivity index (χ3v) is 4.32. The van der Waals surface area contributed by atoms with Crippen LogP contribution < -0.4 is 9.47 Å². The zero-order valence-corrected chi connectivity index (χ0v) is 14.3. The Morgan fingerprint density at radius 2 is 1.69 bits per heavy atom. The van der Waals surface area contributed by atoms with Gasteiger partial charge in [0.1, 0.15) is 17.9 Å². The lowest BCUT2D eigenvalue weighted by atomic mass is 10.1. The summed E-state index contributed by atoms with van der Waals surface area (Å²) >= 11 is 0. The molecule has 0 aliphatic heterocycles. The molecule has 0 atom stereocenters. The zero-order chi connectivity index (χ0) is 17.8. The first-order chi connectivity index (χ1) is 12.8. The van der Waals surface area contributed by atoms with E-state index in [9.17, 15) is 5.21 Å². The second kappa shape index (κ2) is 7.27. The summed E-state index contributed by atoms with van der Waals surface area (Å²) in [4.78, 5) is 4.15. The second-order valence-corrected chi connectivity index (χ2v) is 6.14. The van der Waals surface area contributed by atoms with E-state index in [4.69, 9.17) is 4.74 Å². The van der Waals surface area contributed by atoms with E-state index in [2.05, 4.69) is 41.4 Å². The van der Waals surface area contributed by atoms with Gasteiger partial charge in [-0.2, -0.15) is 0 Å². The van der Waals surface area contributed by atoms with Crippen molar-refractivity contribution in [2.45, 2.75) is 13.0 Å². The van der Waals surface area contributed by atoms with Crippen LogP contribution in [0.25, 0.3) is 11.2 Å². The number of aromatic nitrogens is 3. The molecule has 26 heavy (non-hydrogen) atoms. The highest BCUT2D eigenvalue weighted by molar-refractivity contribution is 5.67. The Bertz CT molecular complexity index is 995. The summed E-state index contributed by atoms with van der Waals surface area (Å²) in [5, 5.41) is 11.7. The molecule has 130 valence electrons. The number of imidazole rings is 1. The molecule has 2 aromatic carbocycles. The third-order valence-electron chi connectivity index (χ3n) is 4.32. The standard InChI is InChI=1S/C21H19N3O2/c25-24-12-4-7-20-21(24)22-16-23(20)13-14-26-19-10-8-18(9-11-19)15-17-5-2-1-3-6-17/h1-12,16H,13-15H2. The van der Waals surface area contributed by atoms with E-state index in [1.807, 2.05) is 28.8 Å². The first kappa shape index (κ1) is 16.1. The third kappa shape index (κ3) is 3.52. The Morgan fingerprint density at radius 1 is 0.923 bits per heavy atom. The molecule has 0 radical (unpaired) electrons. The van der Waals surface area contributed by atoms with Crippen LogP contribution in [0.5, 0.6) is 5.75 Å². The van der Waals surface area contributed by atoms with Gasteiger partial charge in [0.25, 0.3) is 0 Å². The first-order valence-corrected chi connectivity index (χ1v) is 8.58. The van der Waals surface area contributed by atoms with Gasteiger partial charge in [0.15, 0.2) is 0 Å². The summed E-state index contributed by atoms with van der Waals surface area (Å²) in [5.41, 5.74) is 3.79. The fourth-order valence-corrected chi connectivity index (χ4v) is 2.98. The van der Waals surface area contributed by atoms with Gasteiger partial charge in [-0.25, -0.2) is 4.73 Å². The summed E-state index contributed by atoms with van der Waals surface area (Å²) in [6.45, 7) is 1.14. The molecule has 0 saturated carbocycles. The predicted octanol–water partition coefficient (Wildman–Crippen LogP) is 3.34. The highest BCUT2D eigenvalue weighted by Crippen LogP contribution is 2.16. The number of hydrogen-bond donors (Lipinski definition) is 0. The molecule has 0 fully saturated rings. The van der Waals surface area contributed by atoms with Gasteiger partial charge in [-0.3, -0.25) is 0 Å². The smallest absolute Gasteiger partial charge is 0.351 e. The maximum Gasteiger partial charge on any atom is 0.351 e. The lowest BCUT2D eigenvalue weighted by molar-refractivity contribution is -0.579. The Hall–Kier alpha value is -3.34. The van der Waals surface area contributed by atoms with Crippen LogP contribution in [-0.2, 0) is 13.0 Å². The quantitative estimate of drug-likeness (QED) is 0.398. The SMILES string of the molecule is [O-][n+]1cccc2c1ncn2CCOc1ccc(Cc2ccccc2)cc1. The van der Waals surface area contributed by atoms with Gasteiger partial charge in [-0.1, -0.05) is 42.5 Å².